The minimum absolute atomic E-state index is 0.166. The summed E-state index contributed by atoms with van der Waals surface area (Å²) in [5, 5.41) is 30.2. The van der Waals surface area contributed by atoms with Gasteiger partial charge in [0.2, 0.25) is 5.75 Å². The van der Waals surface area contributed by atoms with Crippen molar-refractivity contribution in [2.24, 2.45) is 5.10 Å². The van der Waals surface area contributed by atoms with E-state index < -0.39 is 29.1 Å². The van der Waals surface area contributed by atoms with Crippen LogP contribution in [0.5, 0.6) is 17.2 Å². The van der Waals surface area contributed by atoms with Crippen molar-refractivity contribution in [3.05, 3.63) is 27.8 Å². The third kappa shape index (κ3) is 4.32. The number of urea groups is 1. The van der Waals surface area contributed by atoms with E-state index in [1.165, 1.54) is 44.6 Å². The summed E-state index contributed by atoms with van der Waals surface area (Å²) in [5.74, 6) is -0.736. The van der Waals surface area contributed by atoms with E-state index in [2.05, 4.69) is 10.4 Å². The minimum Gasteiger partial charge on any atom is -0.502 e. The molecule has 0 spiro atoms. The number of hydrogen-bond donors (Lipinski definition) is 2. The van der Waals surface area contributed by atoms with Crippen LogP contribution in [-0.2, 0) is 4.79 Å². The number of ether oxygens (including phenoxy) is 2. The molecule has 3 amide bonds. The average Bonchev–Trinajstić information content (AvgIpc) is 3.27. The van der Waals surface area contributed by atoms with Crippen LogP contribution in [0, 0.1) is 10.1 Å². The highest BCUT2D eigenvalue weighted by atomic mass is 16.6. The zero-order valence-electron chi connectivity index (χ0n) is 17.5. The molecule has 1 aliphatic heterocycles. The molecule has 1 saturated carbocycles. The van der Waals surface area contributed by atoms with Crippen molar-refractivity contribution in [3.8, 4) is 17.2 Å². The Hall–Kier alpha value is -3.57. The Labute approximate surface area is 178 Å². The Kier molecular flexibility index (Phi) is 6.47. The lowest BCUT2D eigenvalue weighted by Gasteiger charge is -2.38. The van der Waals surface area contributed by atoms with Gasteiger partial charge in [-0.05, 0) is 25.0 Å². The van der Waals surface area contributed by atoms with Gasteiger partial charge < -0.3 is 19.9 Å². The maximum atomic E-state index is 12.5. The standard InChI is InChI=1S/C19H25N5O7/c1-22-18(26)15(24(28)29)17(21-19(22)27)23(12-6-4-5-7-12)20-10-11-8-13(30-2)16(25)14(9-11)31-3/h8-10,12,15,17,25H,4-7H2,1-3H3,(H,21,27). The highest BCUT2D eigenvalue weighted by Gasteiger charge is 2.51. The molecule has 0 bridgehead atoms. The lowest BCUT2D eigenvalue weighted by atomic mass is 10.1. The number of phenolic OH excluding ortho intramolecular Hbond substituents is 1. The molecule has 31 heavy (non-hydrogen) atoms. The fourth-order valence-electron chi connectivity index (χ4n) is 3.84. The first-order valence-electron chi connectivity index (χ1n) is 9.77. The lowest BCUT2D eigenvalue weighted by Crippen LogP contribution is -2.69. The minimum atomic E-state index is -1.69. The molecule has 1 aliphatic carbocycles. The van der Waals surface area contributed by atoms with Crippen molar-refractivity contribution in [2.75, 3.05) is 21.3 Å². The van der Waals surface area contributed by atoms with Crippen molar-refractivity contribution in [3.63, 3.8) is 0 Å². The predicted octanol–water partition coefficient (Wildman–Crippen LogP) is 1.14. The van der Waals surface area contributed by atoms with Crippen LogP contribution in [-0.4, -0.2) is 77.6 Å². The zero-order chi connectivity index (χ0) is 22.7. The largest absolute Gasteiger partial charge is 0.502 e. The van der Waals surface area contributed by atoms with Crippen molar-refractivity contribution in [1.29, 1.82) is 0 Å². The summed E-state index contributed by atoms with van der Waals surface area (Å²) in [6.07, 6.45) is 3.46. The van der Waals surface area contributed by atoms with Crippen LogP contribution in [0.4, 0.5) is 4.79 Å². The molecule has 1 aromatic carbocycles. The summed E-state index contributed by atoms with van der Waals surface area (Å²) < 4.78 is 10.3. The Morgan fingerprint density at radius 1 is 1.26 bits per heavy atom. The van der Waals surface area contributed by atoms with Gasteiger partial charge in [0.1, 0.15) is 0 Å². The van der Waals surface area contributed by atoms with E-state index in [0.717, 1.165) is 25.7 Å². The summed E-state index contributed by atoms with van der Waals surface area (Å²) in [4.78, 5) is 36.4. The molecule has 2 fully saturated rings. The number of rotatable bonds is 7. The van der Waals surface area contributed by atoms with Crippen LogP contribution in [0.25, 0.3) is 0 Å². The van der Waals surface area contributed by atoms with E-state index in [0.29, 0.717) is 10.5 Å². The number of phenols is 1. The molecule has 168 valence electrons. The van der Waals surface area contributed by atoms with Gasteiger partial charge in [-0.15, -0.1) is 0 Å². The van der Waals surface area contributed by atoms with Crippen LogP contribution >= 0.6 is 0 Å². The third-order valence-corrected chi connectivity index (χ3v) is 5.51. The molecule has 12 nitrogen and oxygen atoms in total. The molecular weight excluding hydrogens is 410 g/mol. The van der Waals surface area contributed by atoms with Gasteiger partial charge in [-0.3, -0.25) is 24.8 Å². The van der Waals surface area contributed by atoms with Gasteiger partial charge >= 0.3 is 18.0 Å². The van der Waals surface area contributed by atoms with Crippen molar-refractivity contribution in [1.82, 2.24) is 15.2 Å². The van der Waals surface area contributed by atoms with Gasteiger partial charge in [0.25, 0.3) is 0 Å². The summed E-state index contributed by atoms with van der Waals surface area (Å²) in [7, 11) is 3.98. The normalized spacial score (nSPS) is 22.0. The molecule has 0 aromatic heterocycles. The topological polar surface area (TPSA) is 147 Å². The van der Waals surface area contributed by atoms with Gasteiger partial charge in [-0.1, -0.05) is 12.8 Å². The van der Waals surface area contributed by atoms with Crippen molar-refractivity contribution in [2.45, 2.75) is 43.9 Å². The third-order valence-electron chi connectivity index (χ3n) is 5.51. The van der Waals surface area contributed by atoms with Crippen LogP contribution in [0.3, 0.4) is 0 Å². The van der Waals surface area contributed by atoms with Crippen LogP contribution in [0.2, 0.25) is 0 Å². The van der Waals surface area contributed by atoms with E-state index in [1.54, 1.807) is 0 Å². The molecule has 2 atom stereocenters. The number of hydrazone groups is 1. The number of carbonyl (C=O) groups is 2. The SMILES string of the molecule is COc1cc(C=NN(C2CCCC2)C2NC(=O)N(C)C(=O)C2[N+](=O)[O-])cc(OC)c1O. The fourth-order valence-corrected chi connectivity index (χ4v) is 3.84. The van der Waals surface area contributed by atoms with Gasteiger partial charge in [0, 0.05) is 23.6 Å². The number of likely N-dealkylation sites (N-methyl/N-ethyl adjacent to an activating group) is 1. The Balaban J connectivity index is 1.99. The molecule has 1 saturated heterocycles. The van der Waals surface area contributed by atoms with E-state index >= 15 is 0 Å². The molecule has 2 unspecified atom stereocenters. The average molecular weight is 435 g/mol. The monoisotopic (exact) mass is 435 g/mol. The predicted molar refractivity (Wildman–Crippen MR) is 109 cm³/mol. The number of nitrogens with one attached hydrogen (secondary N) is 1. The van der Waals surface area contributed by atoms with E-state index in [-0.39, 0.29) is 23.3 Å². The number of benzene rings is 1. The second-order valence-corrected chi connectivity index (χ2v) is 7.36. The number of hydrogen-bond acceptors (Lipinski definition) is 9. The van der Waals surface area contributed by atoms with Crippen molar-refractivity contribution < 1.29 is 29.1 Å². The van der Waals surface area contributed by atoms with Gasteiger partial charge in [0.05, 0.1) is 20.4 Å². The van der Waals surface area contributed by atoms with Gasteiger partial charge in [-0.2, -0.15) is 5.10 Å². The smallest absolute Gasteiger partial charge is 0.329 e. The Bertz CT molecular complexity index is 875. The second-order valence-electron chi connectivity index (χ2n) is 7.36. The highest BCUT2D eigenvalue weighted by Crippen LogP contribution is 2.36. The number of nitrogens with zero attached hydrogens (tertiary/aromatic N) is 4. The maximum absolute atomic E-state index is 12.5. The number of amides is 3. The molecule has 3 rings (SSSR count). The van der Waals surface area contributed by atoms with E-state index in [1.807, 2.05) is 0 Å². The van der Waals surface area contributed by atoms with Crippen LogP contribution in [0.15, 0.2) is 17.2 Å². The maximum Gasteiger partial charge on any atom is 0.329 e. The molecule has 12 heteroatoms. The molecule has 1 heterocycles. The molecule has 0 radical (unpaired) electrons. The molecule has 2 aliphatic rings. The summed E-state index contributed by atoms with van der Waals surface area (Å²) in [6.45, 7) is 0. The van der Waals surface area contributed by atoms with E-state index in [9.17, 15) is 24.8 Å². The highest BCUT2D eigenvalue weighted by molar-refractivity contribution is 5.99. The summed E-state index contributed by atoms with van der Waals surface area (Å²) >= 11 is 0. The summed E-state index contributed by atoms with van der Waals surface area (Å²) in [5.41, 5.74) is 0.498. The first kappa shape index (κ1) is 22.1. The summed E-state index contributed by atoms with van der Waals surface area (Å²) in [6, 6.07) is 0.458. The molecular formula is C19H25N5O7. The second kappa shape index (κ2) is 9.06. The Morgan fingerprint density at radius 3 is 2.35 bits per heavy atom. The van der Waals surface area contributed by atoms with E-state index in [4.69, 9.17) is 9.47 Å². The number of nitro groups is 1. The fraction of sp³-hybridized carbons (Fsp3) is 0.526. The number of aromatic hydroxyl groups is 1. The van der Waals surface area contributed by atoms with Crippen LogP contribution in [0.1, 0.15) is 31.2 Å². The molecule has 2 N–H and O–H groups in total. The van der Waals surface area contributed by atoms with Gasteiger partial charge in [0.15, 0.2) is 17.7 Å². The quantitative estimate of drug-likeness (QED) is 0.368. The molecule has 1 aromatic rings. The first-order chi connectivity index (χ1) is 14.8. The van der Waals surface area contributed by atoms with Gasteiger partial charge in [-0.25, -0.2) is 4.79 Å². The Morgan fingerprint density at radius 2 is 1.84 bits per heavy atom. The zero-order valence-corrected chi connectivity index (χ0v) is 17.5. The number of imide groups is 1. The number of methoxy groups -OCH3 is 2. The van der Waals surface area contributed by atoms with Crippen molar-refractivity contribution >= 4 is 18.2 Å². The number of carbonyl (C=O) groups excluding carboxylic acids is 2. The lowest BCUT2D eigenvalue weighted by molar-refractivity contribution is -0.519. The first-order valence-corrected chi connectivity index (χ1v) is 9.77. The van der Waals surface area contributed by atoms with Crippen LogP contribution < -0.4 is 14.8 Å².